The highest BCUT2D eigenvalue weighted by Crippen LogP contribution is 2.29. The van der Waals surface area contributed by atoms with Crippen molar-refractivity contribution < 1.29 is 4.79 Å². The molecule has 0 fully saturated rings. The fraction of sp³-hybridized carbons (Fsp3) is 0.214. The molecule has 6 nitrogen and oxygen atoms in total. The van der Waals surface area contributed by atoms with Gasteiger partial charge in [0.15, 0.2) is 0 Å². The molecule has 0 unspecified atom stereocenters. The minimum atomic E-state index is -0.525. The third-order valence-electron chi connectivity index (χ3n) is 2.80. The maximum absolute atomic E-state index is 12.0. The Balaban J connectivity index is 2.16. The van der Waals surface area contributed by atoms with Gasteiger partial charge in [-0.2, -0.15) is 4.98 Å². The Labute approximate surface area is 138 Å². The first kappa shape index (κ1) is 16.3. The van der Waals surface area contributed by atoms with Crippen molar-refractivity contribution in [3.8, 4) is 0 Å². The summed E-state index contributed by atoms with van der Waals surface area (Å²) >= 11 is 12.0. The fourth-order valence-electron chi connectivity index (χ4n) is 1.72. The third kappa shape index (κ3) is 3.99. The minimum Gasteiger partial charge on any atom is -0.368 e. The first-order chi connectivity index (χ1) is 10.4. The number of hydrogen-bond acceptors (Lipinski definition) is 4. The summed E-state index contributed by atoms with van der Waals surface area (Å²) < 4.78 is 0. The Morgan fingerprint density at radius 2 is 1.82 bits per heavy atom. The summed E-state index contributed by atoms with van der Waals surface area (Å²) in [6.45, 7) is 3.93. The molecule has 2 aromatic rings. The molecule has 2 amide bonds. The topological polar surface area (TPSA) is 92.9 Å². The molecule has 0 atom stereocenters. The van der Waals surface area contributed by atoms with Crippen molar-refractivity contribution in [1.29, 1.82) is 0 Å². The van der Waals surface area contributed by atoms with Gasteiger partial charge in [0.25, 0.3) is 0 Å². The van der Waals surface area contributed by atoms with Crippen molar-refractivity contribution in [2.24, 2.45) is 0 Å². The molecule has 1 heterocycles. The number of nitrogen functional groups attached to an aromatic ring is 1. The quantitative estimate of drug-likeness (QED) is 0.783. The molecule has 4 N–H and O–H groups in total. The Hall–Kier alpha value is -2.05. The average Bonchev–Trinajstić information content (AvgIpc) is 2.42. The molecular formula is C14H15Cl2N5O. The molecule has 0 aliphatic carbocycles. The highest BCUT2D eigenvalue weighted by atomic mass is 35.5. The second-order valence-electron chi connectivity index (χ2n) is 4.87. The SMILES string of the molecule is CC(C)c1cc(NC(=O)Nc2c(Cl)cccc2Cl)nc(N)n1. The Morgan fingerprint density at radius 3 is 2.41 bits per heavy atom. The van der Waals surface area contributed by atoms with E-state index in [1.807, 2.05) is 13.8 Å². The second kappa shape index (κ2) is 6.81. The van der Waals surface area contributed by atoms with Crippen molar-refractivity contribution in [3.63, 3.8) is 0 Å². The standard InChI is InChI=1S/C14H15Cl2N5O/c1-7(2)10-6-11(19-13(17)18-10)20-14(22)21-12-8(15)4-3-5-9(12)16/h3-7H,1-2H3,(H4,17,18,19,20,21,22). The van der Waals surface area contributed by atoms with Gasteiger partial charge in [-0.15, -0.1) is 0 Å². The molecule has 0 radical (unpaired) electrons. The van der Waals surface area contributed by atoms with Gasteiger partial charge >= 0.3 is 6.03 Å². The van der Waals surface area contributed by atoms with Gasteiger partial charge < -0.3 is 11.1 Å². The monoisotopic (exact) mass is 339 g/mol. The lowest BCUT2D eigenvalue weighted by Gasteiger charge is -2.12. The average molecular weight is 340 g/mol. The zero-order valence-electron chi connectivity index (χ0n) is 12.0. The maximum Gasteiger partial charge on any atom is 0.324 e. The molecule has 116 valence electrons. The van der Waals surface area contributed by atoms with E-state index in [1.54, 1.807) is 24.3 Å². The Kier molecular flexibility index (Phi) is 5.05. The van der Waals surface area contributed by atoms with E-state index in [1.165, 1.54) is 0 Å². The van der Waals surface area contributed by atoms with Crippen molar-refractivity contribution in [2.75, 3.05) is 16.4 Å². The van der Waals surface area contributed by atoms with E-state index in [-0.39, 0.29) is 11.9 Å². The van der Waals surface area contributed by atoms with Gasteiger partial charge in [0.2, 0.25) is 5.95 Å². The van der Waals surface area contributed by atoms with Crippen LogP contribution < -0.4 is 16.4 Å². The van der Waals surface area contributed by atoms with E-state index in [0.29, 0.717) is 21.6 Å². The van der Waals surface area contributed by atoms with Crippen LogP contribution in [0.5, 0.6) is 0 Å². The number of urea groups is 1. The highest BCUT2D eigenvalue weighted by molar-refractivity contribution is 6.39. The van der Waals surface area contributed by atoms with Crippen LogP contribution in [0.25, 0.3) is 0 Å². The van der Waals surface area contributed by atoms with Crippen LogP contribution in [0, 0.1) is 0 Å². The number of halogens is 2. The number of carbonyl (C=O) groups is 1. The zero-order chi connectivity index (χ0) is 16.3. The Morgan fingerprint density at radius 1 is 1.18 bits per heavy atom. The van der Waals surface area contributed by atoms with Crippen molar-refractivity contribution in [1.82, 2.24) is 9.97 Å². The minimum absolute atomic E-state index is 0.0947. The summed E-state index contributed by atoms with van der Waals surface area (Å²) in [5.74, 6) is 0.557. The van der Waals surface area contributed by atoms with E-state index in [0.717, 1.165) is 5.69 Å². The van der Waals surface area contributed by atoms with Crippen LogP contribution >= 0.6 is 23.2 Å². The summed E-state index contributed by atoms with van der Waals surface area (Å²) in [5.41, 5.74) is 6.70. The van der Waals surface area contributed by atoms with Gasteiger partial charge in [0, 0.05) is 6.07 Å². The normalized spacial score (nSPS) is 10.6. The van der Waals surface area contributed by atoms with Crippen molar-refractivity contribution in [2.45, 2.75) is 19.8 Å². The van der Waals surface area contributed by atoms with Crippen molar-refractivity contribution >= 4 is 46.7 Å². The first-order valence-electron chi connectivity index (χ1n) is 6.53. The predicted octanol–water partition coefficient (Wildman–Crippen LogP) is 4.13. The van der Waals surface area contributed by atoms with Crippen LogP contribution in [0.3, 0.4) is 0 Å². The molecule has 0 saturated heterocycles. The van der Waals surface area contributed by atoms with E-state index >= 15 is 0 Å². The van der Waals surface area contributed by atoms with Crippen LogP contribution in [0.1, 0.15) is 25.5 Å². The molecule has 2 rings (SSSR count). The highest BCUT2D eigenvalue weighted by Gasteiger charge is 2.12. The van der Waals surface area contributed by atoms with E-state index in [9.17, 15) is 4.79 Å². The van der Waals surface area contributed by atoms with Gasteiger partial charge in [-0.3, -0.25) is 5.32 Å². The lowest BCUT2D eigenvalue weighted by atomic mass is 10.1. The van der Waals surface area contributed by atoms with Crippen LogP contribution in [-0.2, 0) is 0 Å². The lowest BCUT2D eigenvalue weighted by molar-refractivity contribution is 0.262. The zero-order valence-corrected chi connectivity index (χ0v) is 13.5. The number of nitrogens with two attached hydrogens (primary N) is 1. The van der Waals surface area contributed by atoms with Gasteiger partial charge in [-0.25, -0.2) is 9.78 Å². The van der Waals surface area contributed by atoms with Gasteiger partial charge in [0.05, 0.1) is 21.4 Å². The van der Waals surface area contributed by atoms with Crippen LogP contribution in [0.2, 0.25) is 10.0 Å². The molecule has 0 bridgehead atoms. The molecule has 0 aliphatic heterocycles. The molecular weight excluding hydrogens is 325 g/mol. The number of para-hydroxylation sites is 1. The fourth-order valence-corrected chi connectivity index (χ4v) is 2.22. The van der Waals surface area contributed by atoms with Crippen LogP contribution in [0.15, 0.2) is 24.3 Å². The molecule has 0 aliphatic rings. The molecule has 22 heavy (non-hydrogen) atoms. The summed E-state index contributed by atoms with van der Waals surface area (Å²) in [4.78, 5) is 20.1. The number of aromatic nitrogens is 2. The largest absolute Gasteiger partial charge is 0.368 e. The number of benzene rings is 1. The van der Waals surface area contributed by atoms with E-state index in [4.69, 9.17) is 28.9 Å². The van der Waals surface area contributed by atoms with Gasteiger partial charge in [-0.1, -0.05) is 43.1 Å². The number of rotatable bonds is 3. The summed E-state index contributed by atoms with van der Waals surface area (Å²) in [6, 6.07) is 6.08. The van der Waals surface area contributed by atoms with Crippen LogP contribution in [0.4, 0.5) is 22.2 Å². The maximum atomic E-state index is 12.0. The summed E-state index contributed by atoms with van der Waals surface area (Å²) in [5, 5.41) is 5.84. The number of hydrogen-bond donors (Lipinski definition) is 3. The molecule has 1 aromatic carbocycles. The second-order valence-corrected chi connectivity index (χ2v) is 5.68. The molecule has 0 saturated carbocycles. The van der Waals surface area contributed by atoms with Crippen molar-refractivity contribution in [3.05, 3.63) is 40.0 Å². The lowest BCUT2D eigenvalue weighted by Crippen LogP contribution is -2.21. The van der Waals surface area contributed by atoms with Crippen LogP contribution in [-0.4, -0.2) is 16.0 Å². The predicted molar refractivity (Wildman–Crippen MR) is 89.6 cm³/mol. The smallest absolute Gasteiger partial charge is 0.324 e. The number of nitrogens with zero attached hydrogens (tertiary/aromatic N) is 2. The molecule has 8 heteroatoms. The van der Waals surface area contributed by atoms with Gasteiger partial charge in [0.1, 0.15) is 5.82 Å². The summed E-state index contributed by atoms with van der Waals surface area (Å²) in [7, 11) is 0. The number of nitrogens with one attached hydrogen (secondary N) is 2. The van der Waals surface area contributed by atoms with Gasteiger partial charge in [-0.05, 0) is 18.1 Å². The molecule has 1 aromatic heterocycles. The van der Waals surface area contributed by atoms with E-state index in [2.05, 4.69) is 20.6 Å². The first-order valence-corrected chi connectivity index (χ1v) is 7.29. The summed E-state index contributed by atoms with van der Waals surface area (Å²) in [6.07, 6.45) is 0. The number of amides is 2. The van der Waals surface area contributed by atoms with E-state index < -0.39 is 6.03 Å². The third-order valence-corrected chi connectivity index (χ3v) is 3.43. The number of carbonyl (C=O) groups excluding carboxylic acids is 1. The molecule has 0 spiro atoms. The number of anilines is 3. The Bertz CT molecular complexity index is 685.